The average molecular weight is 391 g/mol. The van der Waals surface area contributed by atoms with Crippen molar-refractivity contribution in [1.29, 1.82) is 0 Å². The molecule has 0 saturated carbocycles. The van der Waals surface area contributed by atoms with Gasteiger partial charge in [-0.2, -0.15) is 16.8 Å². The van der Waals surface area contributed by atoms with Crippen LogP contribution < -0.4 is 5.32 Å². The SMILES string of the molecule is CC(C)(C)OC(=O)NCCOC(COS(C)(=O)=O)COS(C)(=O)=O. The fourth-order valence-electron chi connectivity index (χ4n) is 1.24. The van der Waals surface area contributed by atoms with Crippen molar-refractivity contribution in [3.05, 3.63) is 0 Å². The van der Waals surface area contributed by atoms with Gasteiger partial charge in [-0.15, -0.1) is 0 Å². The van der Waals surface area contributed by atoms with Crippen LogP contribution in [0.15, 0.2) is 0 Å². The van der Waals surface area contributed by atoms with Crippen molar-refractivity contribution < 1.29 is 39.5 Å². The molecule has 0 rings (SSSR count). The molecule has 12 heteroatoms. The van der Waals surface area contributed by atoms with Crippen molar-refractivity contribution in [1.82, 2.24) is 5.32 Å². The third-order valence-corrected chi connectivity index (χ3v) is 3.19. The Morgan fingerprint density at radius 1 is 1.00 bits per heavy atom. The van der Waals surface area contributed by atoms with Gasteiger partial charge in [0.1, 0.15) is 11.7 Å². The van der Waals surface area contributed by atoms with Crippen LogP contribution in [0, 0.1) is 0 Å². The van der Waals surface area contributed by atoms with E-state index in [0.717, 1.165) is 12.5 Å². The molecule has 0 aromatic rings. The minimum Gasteiger partial charge on any atom is -0.444 e. The van der Waals surface area contributed by atoms with Gasteiger partial charge in [-0.1, -0.05) is 0 Å². The summed E-state index contributed by atoms with van der Waals surface area (Å²) in [5, 5.41) is 2.43. The molecule has 0 spiro atoms. The summed E-state index contributed by atoms with van der Waals surface area (Å²) in [6.45, 7) is 4.35. The molecule has 10 nitrogen and oxygen atoms in total. The topological polar surface area (TPSA) is 134 Å². The first-order chi connectivity index (χ1) is 10.7. The van der Waals surface area contributed by atoms with Crippen LogP contribution in [0.3, 0.4) is 0 Å². The predicted molar refractivity (Wildman–Crippen MR) is 85.6 cm³/mol. The second kappa shape index (κ2) is 9.51. The number of ether oxygens (including phenoxy) is 2. The van der Waals surface area contributed by atoms with Crippen LogP contribution in [0.4, 0.5) is 4.79 Å². The normalized spacial score (nSPS) is 13.1. The molecule has 0 aromatic carbocycles. The molecule has 0 aliphatic rings. The molecule has 0 aromatic heterocycles. The quantitative estimate of drug-likeness (QED) is 0.398. The molecular weight excluding hydrogens is 366 g/mol. The largest absolute Gasteiger partial charge is 0.444 e. The molecular formula is C12H25NO9S2. The highest BCUT2D eigenvalue weighted by Gasteiger charge is 2.18. The number of nitrogens with one attached hydrogen (secondary N) is 1. The molecule has 0 radical (unpaired) electrons. The highest BCUT2D eigenvalue weighted by atomic mass is 32.2. The van der Waals surface area contributed by atoms with Crippen molar-refractivity contribution >= 4 is 26.3 Å². The van der Waals surface area contributed by atoms with Crippen LogP contribution >= 0.6 is 0 Å². The molecule has 0 aliphatic carbocycles. The maximum Gasteiger partial charge on any atom is 0.407 e. The van der Waals surface area contributed by atoms with Gasteiger partial charge in [-0.05, 0) is 20.8 Å². The Kier molecular flexibility index (Phi) is 9.14. The van der Waals surface area contributed by atoms with Crippen LogP contribution in [0.25, 0.3) is 0 Å². The minimum atomic E-state index is -3.71. The van der Waals surface area contributed by atoms with Crippen molar-refractivity contribution in [2.24, 2.45) is 0 Å². The number of carbonyl (C=O) groups is 1. The third-order valence-electron chi connectivity index (χ3n) is 2.06. The fraction of sp³-hybridized carbons (Fsp3) is 0.917. The summed E-state index contributed by atoms with van der Waals surface area (Å²) in [4.78, 5) is 11.4. The zero-order chi connectivity index (χ0) is 19.0. The van der Waals surface area contributed by atoms with E-state index in [-0.39, 0.29) is 13.2 Å². The summed E-state index contributed by atoms with van der Waals surface area (Å²) in [5.41, 5.74) is -0.639. The van der Waals surface area contributed by atoms with E-state index in [2.05, 4.69) is 13.7 Å². The Morgan fingerprint density at radius 3 is 1.83 bits per heavy atom. The van der Waals surface area contributed by atoms with Crippen molar-refractivity contribution in [3.8, 4) is 0 Å². The molecule has 0 aliphatic heterocycles. The lowest BCUT2D eigenvalue weighted by molar-refractivity contribution is -0.00406. The molecule has 1 amide bonds. The van der Waals surface area contributed by atoms with Crippen LogP contribution in [0.2, 0.25) is 0 Å². The molecule has 0 saturated heterocycles. The highest BCUT2D eigenvalue weighted by Crippen LogP contribution is 2.06. The van der Waals surface area contributed by atoms with Crippen molar-refractivity contribution in [3.63, 3.8) is 0 Å². The first-order valence-corrected chi connectivity index (χ1v) is 10.6. The second-order valence-electron chi connectivity index (χ2n) is 5.90. The third kappa shape index (κ3) is 15.9. The van der Waals surface area contributed by atoms with Gasteiger partial charge in [-0.3, -0.25) is 8.37 Å². The van der Waals surface area contributed by atoms with Crippen LogP contribution in [-0.4, -0.2) is 73.5 Å². The van der Waals surface area contributed by atoms with E-state index < -0.39 is 51.2 Å². The molecule has 1 N–H and O–H groups in total. The first-order valence-electron chi connectivity index (χ1n) is 6.95. The molecule has 144 valence electrons. The van der Waals surface area contributed by atoms with Gasteiger partial charge in [0.2, 0.25) is 0 Å². The van der Waals surface area contributed by atoms with Gasteiger partial charge in [0, 0.05) is 6.54 Å². The highest BCUT2D eigenvalue weighted by molar-refractivity contribution is 7.86. The summed E-state index contributed by atoms with van der Waals surface area (Å²) >= 11 is 0. The van der Waals surface area contributed by atoms with Gasteiger partial charge >= 0.3 is 6.09 Å². The number of carbonyl (C=O) groups excluding carboxylic acids is 1. The van der Waals surface area contributed by atoms with Gasteiger partial charge < -0.3 is 14.8 Å². The lowest BCUT2D eigenvalue weighted by Crippen LogP contribution is -2.36. The Labute approximate surface area is 143 Å². The van der Waals surface area contributed by atoms with Crippen LogP contribution in [-0.2, 0) is 38.1 Å². The zero-order valence-electron chi connectivity index (χ0n) is 14.4. The Balaban J connectivity index is 4.32. The molecule has 0 fully saturated rings. The lowest BCUT2D eigenvalue weighted by atomic mass is 10.2. The van der Waals surface area contributed by atoms with E-state index in [4.69, 9.17) is 9.47 Å². The van der Waals surface area contributed by atoms with Gasteiger partial charge in [0.25, 0.3) is 20.2 Å². The smallest absolute Gasteiger partial charge is 0.407 e. The minimum absolute atomic E-state index is 0.0237. The molecule has 0 unspecified atom stereocenters. The molecule has 0 bridgehead atoms. The van der Waals surface area contributed by atoms with E-state index in [1.54, 1.807) is 20.8 Å². The summed E-state index contributed by atoms with van der Waals surface area (Å²) in [5.74, 6) is 0. The monoisotopic (exact) mass is 391 g/mol. The van der Waals surface area contributed by atoms with E-state index in [9.17, 15) is 21.6 Å². The molecule has 0 heterocycles. The number of amides is 1. The summed E-state index contributed by atoms with van der Waals surface area (Å²) in [6, 6.07) is 0. The van der Waals surface area contributed by atoms with Crippen molar-refractivity contribution in [2.75, 3.05) is 38.9 Å². The average Bonchev–Trinajstić information content (AvgIpc) is 2.32. The zero-order valence-corrected chi connectivity index (χ0v) is 16.0. The predicted octanol–water partition coefficient (Wildman–Crippen LogP) is -0.151. The van der Waals surface area contributed by atoms with E-state index >= 15 is 0 Å². The van der Waals surface area contributed by atoms with E-state index in [1.807, 2.05) is 0 Å². The van der Waals surface area contributed by atoms with Crippen LogP contribution in [0.1, 0.15) is 20.8 Å². The Morgan fingerprint density at radius 2 is 1.46 bits per heavy atom. The van der Waals surface area contributed by atoms with E-state index in [0.29, 0.717) is 0 Å². The molecule has 0 atom stereocenters. The first kappa shape index (κ1) is 23.1. The standard InChI is InChI=1S/C12H25NO9S2/c1-12(2,3)22-11(14)13-6-7-19-10(8-20-23(4,15)16)9-21-24(5,17)18/h10H,6-9H2,1-5H3,(H,13,14). The maximum absolute atomic E-state index is 11.4. The van der Waals surface area contributed by atoms with Gasteiger partial charge in [0.05, 0.1) is 32.3 Å². The second-order valence-corrected chi connectivity index (χ2v) is 9.19. The molecule has 24 heavy (non-hydrogen) atoms. The van der Waals surface area contributed by atoms with E-state index in [1.165, 1.54) is 0 Å². The van der Waals surface area contributed by atoms with Crippen molar-refractivity contribution in [2.45, 2.75) is 32.5 Å². The number of hydrogen-bond donors (Lipinski definition) is 1. The lowest BCUT2D eigenvalue weighted by Gasteiger charge is -2.20. The maximum atomic E-state index is 11.4. The van der Waals surface area contributed by atoms with Crippen LogP contribution in [0.5, 0.6) is 0 Å². The number of hydrogen-bond acceptors (Lipinski definition) is 9. The summed E-state index contributed by atoms with van der Waals surface area (Å²) in [7, 11) is -7.42. The Hall–Kier alpha value is -0.950. The Bertz CT molecular complexity index is 557. The fourth-order valence-corrected chi connectivity index (χ4v) is 2.03. The number of alkyl carbamates (subject to hydrolysis) is 1. The summed E-state index contributed by atoms with van der Waals surface area (Å²) in [6.07, 6.45) is 0.120. The van der Waals surface area contributed by atoms with Gasteiger partial charge in [0.15, 0.2) is 0 Å². The summed E-state index contributed by atoms with van der Waals surface area (Å²) < 4.78 is 63.3. The number of rotatable bonds is 10. The van der Waals surface area contributed by atoms with Gasteiger partial charge in [-0.25, -0.2) is 4.79 Å².